The summed E-state index contributed by atoms with van der Waals surface area (Å²) in [6.45, 7) is 3.63. The minimum absolute atomic E-state index is 0.0368. The average molecular weight is 356 g/mol. The Hall–Kier alpha value is -3.02. The molecule has 2 aromatic rings. The van der Waals surface area contributed by atoms with Gasteiger partial charge in [-0.25, -0.2) is 0 Å². The molecule has 0 unspecified atom stereocenters. The standard InChI is InChI=1S/C20H23NO5/c1-14(2)26-17-10-8-15(9-11-17)18(12-20(23)24)21-19(22)13-25-16-6-4-3-5-7-16/h3-11,14,18H,12-13H2,1-2H3,(H,21,22)(H,23,24)/p-1/t18-/m0/s1. The average Bonchev–Trinajstić information content (AvgIpc) is 2.60. The van der Waals surface area contributed by atoms with E-state index < -0.39 is 17.9 Å². The zero-order chi connectivity index (χ0) is 18.9. The molecule has 1 N–H and O–H groups in total. The van der Waals surface area contributed by atoms with E-state index >= 15 is 0 Å². The van der Waals surface area contributed by atoms with Gasteiger partial charge in [0.1, 0.15) is 11.5 Å². The van der Waals surface area contributed by atoms with Gasteiger partial charge in [0.2, 0.25) is 0 Å². The van der Waals surface area contributed by atoms with Gasteiger partial charge in [0, 0.05) is 12.4 Å². The van der Waals surface area contributed by atoms with Crippen LogP contribution in [-0.2, 0) is 9.59 Å². The van der Waals surface area contributed by atoms with Crippen LogP contribution in [0.3, 0.4) is 0 Å². The molecule has 0 fully saturated rings. The van der Waals surface area contributed by atoms with Crippen molar-refractivity contribution in [3.63, 3.8) is 0 Å². The van der Waals surface area contributed by atoms with Crippen molar-refractivity contribution in [2.45, 2.75) is 32.4 Å². The molecule has 0 saturated heterocycles. The van der Waals surface area contributed by atoms with E-state index in [-0.39, 0.29) is 19.1 Å². The number of carboxylic acids is 1. The molecule has 0 spiro atoms. The number of hydrogen-bond donors (Lipinski definition) is 1. The molecule has 0 saturated carbocycles. The fourth-order valence-electron chi connectivity index (χ4n) is 2.37. The summed E-state index contributed by atoms with van der Waals surface area (Å²) in [5, 5.41) is 13.7. The van der Waals surface area contributed by atoms with Crippen LogP contribution in [-0.4, -0.2) is 24.6 Å². The van der Waals surface area contributed by atoms with Crippen molar-refractivity contribution in [3.8, 4) is 11.5 Å². The van der Waals surface area contributed by atoms with Crippen LogP contribution >= 0.6 is 0 Å². The summed E-state index contributed by atoms with van der Waals surface area (Å²) in [4.78, 5) is 23.2. The molecule has 0 aromatic heterocycles. The fourth-order valence-corrected chi connectivity index (χ4v) is 2.37. The Labute approximate surface area is 152 Å². The summed E-state index contributed by atoms with van der Waals surface area (Å²) < 4.78 is 10.9. The van der Waals surface area contributed by atoms with Gasteiger partial charge in [-0.2, -0.15) is 0 Å². The lowest BCUT2D eigenvalue weighted by Crippen LogP contribution is -2.36. The maximum Gasteiger partial charge on any atom is 0.258 e. The molecule has 138 valence electrons. The molecule has 0 aliphatic rings. The lowest BCUT2D eigenvalue weighted by Gasteiger charge is -2.20. The van der Waals surface area contributed by atoms with Crippen LogP contribution in [0.5, 0.6) is 11.5 Å². The molecule has 6 nitrogen and oxygen atoms in total. The Morgan fingerprint density at radius 2 is 1.65 bits per heavy atom. The van der Waals surface area contributed by atoms with Crippen molar-refractivity contribution < 1.29 is 24.2 Å². The van der Waals surface area contributed by atoms with Gasteiger partial charge in [0.05, 0.1) is 12.1 Å². The molecule has 2 aromatic carbocycles. The molecule has 0 bridgehead atoms. The van der Waals surface area contributed by atoms with E-state index in [0.717, 1.165) is 0 Å². The van der Waals surface area contributed by atoms with Gasteiger partial charge in [-0.3, -0.25) is 4.79 Å². The highest BCUT2D eigenvalue weighted by Crippen LogP contribution is 2.21. The van der Waals surface area contributed by atoms with E-state index in [4.69, 9.17) is 9.47 Å². The SMILES string of the molecule is CC(C)Oc1ccc([C@H](CC(=O)[O-])NC(=O)COc2ccccc2)cc1. The van der Waals surface area contributed by atoms with Crippen molar-refractivity contribution in [2.24, 2.45) is 0 Å². The van der Waals surface area contributed by atoms with E-state index in [0.29, 0.717) is 17.1 Å². The molecule has 0 aliphatic heterocycles. The number of nitrogens with one attached hydrogen (secondary N) is 1. The van der Waals surface area contributed by atoms with E-state index in [1.807, 2.05) is 19.9 Å². The smallest absolute Gasteiger partial charge is 0.258 e. The van der Waals surface area contributed by atoms with E-state index in [2.05, 4.69) is 5.32 Å². The van der Waals surface area contributed by atoms with Gasteiger partial charge in [-0.1, -0.05) is 30.3 Å². The van der Waals surface area contributed by atoms with Gasteiger partial charge >= 0.3 is 0 Å². The van der Waals surface area contributed by atoms with Crippen LogP contribution in [0, 0.1) is 0 Å². The monoisotopic (exact) mass is 356 g/mol. The Kier molecular flexibility index (Phi) is 7.02. The molecule has 0 aliphatic carbocycles. The van der Waals surface area contributed by atoms with Gasteiger partial charge in [-0.05, 0) is 43.7 Å². The number of aliphatic carboxylic acids is 1. The second kappa shape index (κ2) is 9.46. The van der Waals surface area contributed by atoms with Crippen LogP contribution in [0.25, 0.3) is 0 Å². The van der Waals surface area contributed by atoms with Gasteiger partial charge < -0.3 is 24.7 Å². The van der Waals surface area contributed by atoms with Crippen LogP contribution in [0.15, 0.2) is 54.6 Å². The third-order valence-corrected chi connectivity index (χ3v) is 3.47. The highest BCUT2D eigenvalue weighted by atomic mass is 16.5. The maximum absolute atomic E-state index is 12.1. The highest BCUT2D eigenvalue weighted by molar-refractivity contribution is 5.79. The van der Waals surface area contributed by atoms with Gasteiger partial charge in [0.25, 0.3) is 5.91 Å². The fraction of sp³-hybridized carbons (Fsp3) is 0.300. The molecular formula is C20H22NO5-. The first-order valence-corrected chi connectivity index (χ1v) is 8.37. The topological polar surface area (TPSA) is 87.7 Å². The first kappa shape index (κ1) is 19.3. The van der Waals surface area contributed by atoms with Crippen molar-refractivity contribution >= 4 is 11.9 Å². The number of para-hydroxylation sites is 1. The minimum atomic E-state index is -1.25. The van der Waals surface area contributed by atoms with Crippen LogP contribution in [0.1, 0.15) is 31.9 Å². The zero-order valence-corrected chi connectivity index (χ0v) is 14.8. The largest absolute Gasteiger partial charge is 0.550 e. The quantitative estimate of drug-likeness (QED) is 0.741. The minimum Gasteiger partial charge on any atom is -0.550 e. The normalized spacial score (nSPS) is 11.7. The lowest BCUT2D eigenvalue weighted by atomic mass is 10.0. The second-order valence-corrected chi connectivity index (χ2v) is 6.03. The summed E-state index contributed by atoms with van der Waals surface area (Å²) in [5.41, 5.74) is 0.651. The number of benzene rings is 2. The molecule has 1 amide bonds. The first-order chi connectivity index (χ1) is 12.4. The number of rotatable bonds is 9. The highest BCUT2D eigenvalue weighted by Gasteiger charge is 2.16. The van der Waals surface area contributed by atoms with Crippen molar-refractivity contribution in [2.75, 3.05) is 6.61 Å². The maximum atomic E-state index is 12.1. The molecule has 26 heavy (non-hydrogen) atoms. The Balaban J connectivity index is 1.99. The second-order valence-electron chi connectivity index (χ2n) is 6.03. The van der Waals surface area contributed by atoms with Gasteiger partial charge in [-0.15, -0.1) is 0 Å². The molecule has 2 rings (SSSR count). The third kappa shape index (κ3) is 6.47. The predicted molar refractivity (Wildman–Crippen MR) is 94.7 cm³/mol. The summed E-state index contributed by atoms with van der Waals surface area (Å²) in [7, 11) is 0. The molecular weight excluding hydrogens is 334 g/mol. The molecule has 6 heteroatoms. The number of ether oxygens (including phenoxy) is 2. The lowest BCUT2D eigenvalue weighted by molar-refractivity contribution is -0.306. The van der Waals surface area contributed by atoms with Crippen molar-refractivity contribution in [1.82, 2.24) is 5.32 Å². The number of carbonyl (C=O) groups is 2. The van der Waals surface area contributed by atoms with Gasteiger partial charge in [0.15, 0.2) is 6.61 Å². The van der Waals surface area contributed by atoms with Crippen LogP contribution in [0.2, 0.25) is 0 Å². The summed E-state index contributed by atoms with van der Waals surface area (Å²) in [6, 6.07) is 15.1. The van der Waals surface area contributed by atoms with E-state index in [9.17, 15) is 14.7 Å². The Morgan fingerprint density at radius 1 is 1.00 bits per heavy atom. The zero-order valence-electron chi connectivity index (χ0n) is 14.8. The number of hydrogen-bond acceptors (Lipinski definition) is 5. The van der Waals surface area contributed by atoms with Crippen molar-refractivity contribution in [1.29, 1.82) is 0 Å². The first-order valence-electron chi connectivity index (χ1n) is 8.37. The number of amides is 1. The van der Waals surface area contributed by atoms with Crippen LogP contribution < -0.4 is 19.9 Å². The summed E-state index contributed by atoms with van der Waals surface area (Å²) in [6.07, 6.45) is -0.295. The number of carbonyl (C=O) groups excluding carboxylic acids is 2. The number of carboxylic acid groups (broad SMARTS) is 1. The predicted octanol–water partition coefficient (Wildman–Crippen LogP) is 1.85. The summed E-state index contributed by atoms with van der Waals surface area (Å²) in [5.74, 6) is -0.423. The van der Waals surface area contributed by atoms with E-state index in [1.165, 1.54) is 0 Å². The van der Waals surface area contributed by atoms with E-state index in [1.54, 1.807) is 48.5 Å². The Bertz CT molecular complexity index is 713. The summed E-state index contributed by atoms with van der Waals surface area (Å²) >= 11 is 0. The Morgan fingerprint density at radius 3 is 2.23 bits per heavy atom. The van der Waals surface area contributed by atoms with Crippen LogP contribution in [0.4, 0.5) is 0 Å². The molecule has 0 radical (unpaired) electrons. The molecule has 0 heterocycles. The third-order valence-electron chi connectivity index (χ3n) is 3.47. The molecule has 1 atom stereocenters. The van der Waals surface area contributed by atoms with Crippen molar-refractivity contribution in [3.05, 3.63) is 60.2 Å².